The molecule has 0 bridgehead atoms. The molecule has 2 aromatic rings. The summed E-state index contributed by atoms with van der Waals surface area (Å²) in [5, 5.41) is 0.447. The van der Waals surface area contributed by atoms with Crippen LogP contribution in [0.15, 0.2) is 33.9 Å². The summed E-state index contributed by atoms with van der Waals surface area (Å²) in [7, 11) is 0. The summed E-state index contributed by atoms with van der Waals surface area (Å²) in [6.45, 7) is 3.52. The van der Waals surface area contributed by atoms with Crippen LogP contribution < -0.4 is 17.0 Å². The van der Waals surface area contributed by atoms with Gasteiger partial charge in [0.2, 0.25) is 5.91 Å². The predicted molar refractivity (Wildman–Crippen MR) is 99.0 cm³/mol. The van der Waals surface area contributed by atoms with E-state index in [0.29, 0.717) is 29.9 Å². The Morgan fingerprint density at radius 2 is 2.04 bits per heavy atom. The van der Waals surface area contributed by atoms with Gasteiger partial charge in [-0.05, 0) is 37.9 Å². The van der Waals surface area contributed by atoms with Crippen molar-refractivity contribution < 1.29 is 4.79 Å². The lowest BCUT2D eigenvalue weighted by Gasteiger charge is -2.22. The van der Waals surface area contributed by atoms with Crippen molar-refractivity contribution in [3.63, 3.8) is 0 Å². The quantitative estimate of drug-likeness (QED) is 0.831. The molecular formula is C17H23ClN4O3. The molecule has 136 valence electrons. The average molecular weight is 367 g/mol. The molecule has 0 radical (unpaired) electrons. The summed E-state index contributed by atoms with van der Waals surface area (Å²) in [5.41, 5.74) is 5.36. The van der Waals surface area contributed by atoms with Crippen LogP contribution in [0, 0.1) is 5.92 Å². The number of likely N-dealkylation sites (tertiary alicyclic amines) is 1. The van der Waals surface area contributed by atoms with Crippen molar-refractivity contribution in [3.8, 4) is 0 Å². The molecule has 3 N–H and O–H groups in total. The number of rotatable bonds is 4. The van der Waals surface area contributed by atoms with Gasteiger partial charge in [-0.25, -0.2) is 4.79 Å². The molecule has 3 rings (SSSR count). The van der Waals surface area contributed by atoms with E-state index in [9.17, 15) is 14.4 Å². The molecule has 1 aliphatic heterocycles. The minimum Gasteiger partial charge on any atom is -0.340 e. The zero-order valence-corrected chi connectivity index (χ0v) is 14.9. The maximum absolute atomic E-state index is 12.5. The number of hydrogen-bond donors (Lipinski definition) is 2. The Morgan fingerprint density at radius 1 is 1.32 bits per heavy atom. The highest BCUT2D eigenvalue weighted by molar-refractivity contribution is 5.85. The Labute approximate surface area is 151 Å². The molecule has 8 heteroatoms. The van der Waals surface area contributed by atoms with Gasteiger partial charge >= 0.3 is 5.69 Å². The topological polar surface area (TPSA) is 101 Å². The second-order valence-corrected chi connectivity index (χ2v) is 6.41. The molecule has 1 saturated heterocycles. The lowest BCUT2D eigenvalue weighted by molar-refractivity contribution is -0.132. The molecule has 2 heterocycles. The van der Waals surface area contributed by atoms with Crippen molar-refractivity contribution in [2.45, 2.75) is 32.4 Å². The monoisotopic (exact) mass is 366 g/mol. The molecule has 1 aromatic heterocycles. The summed E-state index contributed by atoms with van der Waals surface area (Å²) < 4.78 is 1.45. The van der Waals surface area contributed by atoms with Gasteiger partial charge in [-0.15, -0.1) is 12.4 Å². The van der Waals surface area contributed by atoms with E-state index in [0.717, 1.165) is 6.42 Å². The first kappa shape index (κ1) is 19.2. The summed E-state index contributed by atoms with van der Waals surface area (Å²) in [6.07, 6.45) is 1.14. The maximum Gasteiger partial charge on any atom is 0.328 e. The normalized spacial score (nSPS) is 19.8. The van der Waals surface area contributed by atoms with Crippen LogP contribution in [0.4, 0.5) is 0 Å². The number of aromatic nitrogens is 2. The highest BCUT2D eigenvalue weighted by atomic mass is 35.5. The van der Waals surface area contributed by atoms with Crippen molar-refractivity contribution in [1.82, 2.24) is 14.5 Å². The van der Waals surface area contributed by atoms with Crippen LogP contribution in [0.1, 0.15) is 19.8 Å². The number of nitrogens with zero attached hydrogens (tertiary/aromatic N) is 2. The zero-order valence-electron chi connectivity index (χ0n) is 14.1. The third-order valence-electron chi connectivity index (χ3n) is 4.77. The number of halogens is 1. The number of amides is 1. The fourth-order valence-corrected chi connectivity index (χ4v) is 3.48. The van der Waals surface area contributed by atoms with Crippen molar-refractivity contribution in [2.24, 2.45) is 11.7 Å². The van der Waals surface area contributed by atoms with Crippen molar-refractivity contribution in [3.05, 3.63) is 45.1 Å². The number of aryl methyl sites for hydroxylation is 1. The Balaban J connectivity index is 0.00000225. The summed E-state index contributed by atoms with van der Waals surface area (Å²) in [6, 6.07) is 7.08. The van der Waals surface area contributed by atoms with Gasteiger partial charge in [-0.2, -0.15) is 0 Å². The number of aromatic amines is 1. The van der Waals surface area contributed by atoms with E-state index in [1.54, 1.807) is 24.3 Å². The first-order chi connectivity index (χ1) is 11.5. The Morgan fingerprint density at radius 3 is 2.72 bits per heavy atom. The van der Waals surface area contributed by atoms with Gasteiger partial charge in [-0.3, -0.25) is 19.1 Å². The van der Waals surface area contributed by atoms with E-state index in [1.807, 2.05) is 11.8 Å². The number of para-hydroxylation sites is 1. The number of hydrogen-bond acceptors (Lipinski definition) is 4. The maximum atomic E-state index is 12.5. The minimum absolute atomic E-state index is 0. The molecular weight excluding hydrogens is 344 g/mol. The molecule has 25 heavy (non-hydrogen) atoms. The fraction of sp³-hybridized carbons (Fsp3) is 0.471. The fourth-order valence-electron chi connectivity index (χ4n) is 3.48. The van der Waals surface area contributed by atoms with Crippen molar-refractivity contribution in [1.29, 1.82) is 0 Å². The van der Waals surface area contributed by atoms with E-state index < -0.39 is 11.2 Å². The SMILES string of the molecule is CC1CC(CN)CN1C(=O)CCn1c(=O)[nH]c(=O)c2ccccc21.Cl. The molecule has 1 aliphatic rings. The minimum atomic E-state index is -0.485. The molecule has 1 fully saturated rings. The van der Waals surface area contributed by atoms with E-state index in [4.69, 9.17) is 5.73 Å². The third kappa shape index (κ3) is 3.77. The third-order valence-corrected chi connectivity index (χ3v) is 4.77. The van der Waals surface area contributed by atoms with Crippen LogP contribution in [0.2, 0.25) is 0 Å². The highest BCUT2D eigenvalue weighted by Crippen LogP contribution is 2.22. The molecule has 2 unspecified atom stereocenters. The number of benzene rings is 1. The number of H-pyrrole nitrogens is 1. The van der Waals surface area contributed by atoms with E-state index in [-0.39, 0.29) is 37.3 Å². The molecule has 2 atom stereocenters. The summed E-state index contributed by atoms with van der Waals surface area (Å²) in [5.74, 6) is 0.362. The van der Waals surface area contributed by atoms with Gasteiger partial charge in [0.15, 0.2) is 0 Å². The number of carbonyl (C=O) groups excluding carboxylic acids is 1. The lowest BCUT2D eigenvalue weighted by Crippen LogP contribution is -2.36. The van der Waals surface area contributed by atoms with Gasteiger partial charge in [-0.1, -0.05) is 12.1 Å². The number of nitrogens with two attached hydrogens (primary N) is 1. The van der Waals surface area contributed by atoms with Crippen LogP contribution in [-0.2, 0) is 11.3 Å². The highest BCUT2D eigenvalue weighted by Gasteiger charge is 2.31. The Kier molecular flexibility index (Phi) is 6.02. The van der Waals surface area contributed by atoms with Gasteiger partial charge in [0, 0.05) is 25.6 Å². The lowest BCUT2D eigenvalue weighted by atomic mass is 10.1. The Bertz CT molecular complexity index is 876. The van der Waals surface area contributed by atoms with Gasteiger partial charge in [0.1, 0.15) is 0 Å². The predicted octanol–water partition coefficient (Wildman–Crippen LogP) is 0.697. The molecule has 0 aliphatic carbocycles. The smallest absolute Gasteiger partial charge is 0.328 e. The number of nitrogens with one attached hydrogen (secondary N) is 1. The molecule has 7 nitrogen and oxygen atoms in total. The van der Waals surface area contributed by atoms with Gasteiger partial charge < -0.3 is 10.6 Å². The molecule has 0 spiro atoms. The van der Waals surface area contributed by atoms with Crippen molar-refractivity contribution >= 4 is 29.2 Å². The van der Waals surface area contributed by atoms with E-state index in [1.165, 1.54) is 4.57 Å². The van der Waals surface area contributed by atoms with Gasteiger partial charge in [0.25, 0.3) is 5.56 Å². The second-order valence-electron chi connectivity index (χ2n) is 6.41. The summed E-state index contributed by atoms with van der Waals surface area (Å²) >= 11 is 0. The van der Waals surface area contributed by atoms with Gasteiger partial charge in [0.05, 0.1) is 10.9 Å². The van der Waals surface area contributed by atoms with Crippen molar-refractivity contribution in [2.75, 3.05) is 13.1 Å². The molecule has 1 amide bonds. The average Bonchev–Trinajstić information content (AvgIpc) is 2.95. The van der Waals surface area contributed by atoms with Crippen LogP contribution in [0.3, 0.4) is 0 Å². The van der Waals surface area contributed by atoms with Crippen LogP contribution in [0.25, 0.3) is 10.9 Å². The number of fused-ring (bicyclic) bond motifs is 1. The standard InChI is InChI=1S/C17H22N4O3.ClH/c1-11-8-12(9-18)10-21(11)15(22)6-7-20-14-5-3-2-4-13(14)16(23)19-17(20)24;/h2-5,11-12H,6-10,18H2,1H3,(H,19,23,24);1H. The van der Waals surface area contributed by atoms with Crippen LogP contribution in [-0.4, -0.2) is 39.5 Å². The molecule has 0 saturated carbocycles. The zero-order chi connectivity index (χ0) is 17.3. The largest absolute Gasteiger partial charge is 0.340 e. The number of carbonyl (C=O) groups is 1. The molecule has 1 aromatic carbocycles. The van der Waals surface area contributed by atoms with Crippen LogP contribution in [0.5, 0.6) is 0 Å². The van der Waals surface area contributed by atoms with E-state index >= 15 is 0 Å². The second kappa shape index (κ2) is 7.84. The first-order valence-electron chi connectivity index (χ1n) is 8.22. The summed E-state index contributed by atoms with van der Waals surface area (Å²) in [4.78, 5) is 40.6. The Hall–Kier alpha value is -2.12. The van der Waals surface area contributed by atoms with Crippen LogP contribution >= 0.6 is 12.4 Å². The first-order valence-corrected chi connectivity index (χ1v) is 8.22. The van der Waals surface area contributed by atoms with E-state index in [2.05, 4.69) is 4.98 Å².